The van der Waals surface area contributed by atoms with Crippen molar-refractivity contribution in [3.63, 3.8) is 0 Å². The van der Waals surface area contributed by atoms with Gasteiger partial charge in [0, 0.05) is 22.3 Å². The molecule has 0 N–H and O–H groups in total. The van der Waals surface area contributed by atoms with E-state index in [1.165, 1.54) is 36.4 Å². The molecule has 0 saturated carbocycles. The van der Waals surface area contributed by atoms with Crippen LogP contribution >= 0.6 is 0 Å². The van der Waals surface area contributed by atoms with Gasteiger partial charge in [0.2, 0.25) is 0 Å². The Morgan fingerprint density at radius 2 is 0.629 bits per heavy atom. The van der Waals surface area contributed by atoms with Crippen LogP contribution in [-0.4, -0.2) is 42.8 Å². The summed E-state index contributed by atoms with van der Waals surface area (Å²) in [7, 11) is -19.7. The molecule has 0 unspecified atom stereocenters. The Bertz CT molecular complexity index is 3340. The van der Waals surface area contributed by atoms with E-state index in [1.807, 2.05) is 60.7 Å². The van der Waals surface area contributed by atoms with Crippen LogP contribution in [0.4, 0.5) is 0 Å². The first-order valence-corrected chi connectivity index (χ1v) is 26.0. The van der Waals surface area contributed by atoms with Crippen LogP contribution in [0.25, 0.3) is 46.6 Å². The predicted octanol–water partition coefficient (Wildman–Crippen LogP) is 4.40. The summed E-state index contributed by atoms with van der Waals surface area (Å²) in [6.07, 6.45) is 6.96. The van der Waals surface area contributed by atoms with Gasteiger partial charge in [-0.3, -0.25) is 0 Å². The molecule has 0 spiro atoms. The van der Waals surface area contributed by atoms with E-state index >= 15 is 0 Å². The van der Waals surface area contributed by atoms with Gasteiger partial charge in [-0.05, 0) is 46.5 Å². The van der Waals surface area contributed by atoms with Gasteiger partial charge in [0.15, 0.2) is 0 Å². The fourth-order valence-corrected chi connectivity index (χ4v) is 11.7. The number of hydrogen-bond donors (Lipinski definition) is 0. The molecule has 0 saturated heterocycles. The van der Waals surface area contributed by atoms with Gasteiger partial charge >= 0.3 is 79.4 Å². The summed E-state index contributed by atoms with van der Waals surface area (Å²) in [6, 6.07) is 55.8. The largest absolute Gasteiger partial charge is 1.00 e. The summed E-state index contributed by atoms with van der Waals surface area (Å²) in [5, 5.41) is 0. The van der Waals surface area contributed by atoms with Gasteiger partial charge < -0.3 is 17.5 Å². The van der Waals surface area contributed by atoms with Gasteiger partial charge in [0.05, 0.1) is 9.79 Å². The number of benzene rings is 8. The van der Waals surface area contributed by atoms with E-state index in [1.54, 1.807) is 121 Å². The third-order valence-corrected chi connectivity index (χ3v) is 14.6. The molecule has 8 rings (SSSR count). The van der Waals surface area contributed by atoms with E-state index in [0.29, 0.717) is 22.3 Å². The Balaban J connectivity index is 0.000000254. The maximum Gasteiger partial charge on any atom is 1.00 e. The van der Waals surface area contributed by atoms with Crippen LogP contribution in [0.1, 0.15) is 22.3 Å². The second-order valence-electron chi connectivity index (χ2n) is 14.5. The average Bonchev–Trinajstić information content (AvgIpc) is 3.33. The molecule has 0 aliphatic rings. The second kappa shape index (κ2) is 24.6. The first kappa shape index (κ1) is 55.5. The van der Waals surface area contributed by atoms with Crippen molar-refractivity contribution in [1.29, 1.82) is 0 Å². The molecule has 0 amide bonds. The van der Waals surface area contributed by atoms with Crippen molar-refractivity contribution in [2.45, 2.75) is 19.6 Å². The summed E-state index contributed by atoms with van der Waals surface area (Å²) < 4.78 is 136. The summed E-state index contributed by atoms with van der Waals surface area (Å²) in [5.74, 6) is -0.0152. The zero-order valence-electron chi connectivity index (χ0n) is 37.5. The van der Waals surface area contributed by atoms with Crippen molar-refractivity contribution in [2.24, 2.45) is 0 Å². The molecule has 8 aromatic carbocycles. The SMILES string of the molecule is O=S(=O)([O-])c1cccc(-c2ccccc2)c1S(=O)(=O)Oc1ccccc1C=Cc1ccccc1.O=S(=O)([O-])c1cccc(-c2ccccc2)c1S(=O)(=O)Oc1ccccc1C=Cc1ccccc1.[Na+].[Na+]. The van der Waals surface area contributed by atoms with E-state index in [4.69, 9.17) is 8.37 Å². The summed E-state index contributed by atoms with van der Waals surface area (Å²) >= 11 is 0. The van der Waals surface area contributed by atoms with Crippen LogP contribution in [0.15, 0.2) is 226 Å². The minimum absolute atomic E-state index is 0. The van der Waals surface area contributed by atoms with E-state index in [9.17, 15) is 42.8 Å². The molecule has 12 nitrogen and oxygen atoms in total. The summed E-state index contributed by atoms with van der Waals surface area (Å²) in [5.41, 5.74) is 3.66. The van der Waals surface area contributed by atoms with Crippen molar-refractivity contribution in [1.82, 2.24) is 0 Å². The molecule has 8 aromatic rings. The van der Waals surface area contributed by atoms with Crippen molar-refractivity contribution in [3.8, 4) is 33.8 Å². The molecule has 0 atom stereocenters. The van der Waals surface area contributed by atoms with E-state index in [2.05, 4.69) is 0 Å². The van der Waals surface area contributed by atoms with Crippen LogP contribution < -0.4 is 67.5 Å². The summed E-state index contributed by atoms with van der Waals surface area (Å²) in [6.45, 7) is 0. The van der Waals surface area contributed by atoms with E-state index in [0.717, 1.165) is 23.3 Å². The normalized spacial score (nSPS) is 11.7. The summed E-state index contributed by atoms with van der Waals surface area (Å²) in [4.78, 5) is -3.13. The molecule has 0 aliphatic heterocycles. The van der Waals surface area contributed by atoms with Crippen molar-refractivity contribution >= 4 is 64.8 Å². The zero-order chi connectivity index (χ0) is 48.4. The fourth-order valence-electron chi connectivity index (χ4n) is 6.84. The van der Waals surface area contributed by atoms with Crippen molar-refractivity contribution in [2.75, 3.05) is 0 Å². The number of rotatable bonds is 14. The maximum atomic E-state index is 13.4. The molecule has 0 fully saturated rings. The molecule has 0 aromatic heterocycles. The Morgan fingerprint density at radius 1 is 0.329 bits per heavy atom. The van der Waals surface area contributed by atoms with Gasteiger partial charge in [-0.1, -0.05) is 206 Å². The van der Waals surface area contributed by atoms with Gasteiger partial charge in [0.1, 0.15) is 41.5 Å². The number of para-hydroxylation sites is 2. The Hall–Kier alpha value is -5.44. The first-order chi connectivity index (χ1) is 32.5. The van der Waals surface area contributed by atoms with Gasteiger partial charge in [-0.2, -0.15) is 16.8 Å². The van der Waals surface area contributed by atoms with Crippen LogP contribution in [-0.2, 0) is 40.5 Å². The molecule has 0 aliphatic carbocycles. The zero-order valence-corrected chi connectivity index (χ0v) is 44.7. The molecule has 18 heteroatoms. The topological polar surface area (TPSA) is 201 Å². The molecule has 0 heterocycles. The molecule has 0 bridgehead atoms. The Kier molecular flexibility index (Phi) is 19.5. The Morgan fingerprint density at radius 3 is 0.957 bits per heavy atom. The van der Waals surface area contributed by atoms with Gasteiger partial charge in [-0.25, -0.2) is 16.8 Å². The van der Waals surface area contributed by atoms with E-state index < -0.39 is 60.1 Å². The molecular weight excluding hydrogens is 991 g/mol. The minimum Gasteiger partial charge on any atom is -0.744 e. The van der Waals surface area contributed by atoms with Crippen LogP contribution in [0.2, 0.25) is 0 Å². The van der Waals surface area contributed by atoms with Gasteiger partial charge in [-0.15, -0.1) is 0 Å². The molecular formula is C52H38Na2O12S4. The van der Waals surface area contributed by atoms with Crippen LogP contribution in [0.5, 0.6) is 11.5 Å². The third-order valence-electron chi connectivity index (χ3n) is 9.91. The maximum absolute atomic E-state index is 13.4. The number of hydrogen-bond acceptors (Lipinski definition) is 12. The molecule has 0 radical (unpaired) electrons. The van der Waals surface area contributed by atoms with Crippen LogP contribution in [0.3, 0.4) is 0 Å². The average molecular weight is 1030 g/mol. The molecule has 344 valence electrons. The van der Waals surface area contributed by atoms with Crippen LogP contribution in [0, 0.1) is 0 Å². The quantitative estimate of drug-likeness (QED) is 0.0645. The minimum atomic E-state index is -5.12. The Labute approximate surface area is 452 Å². The van der Waals surface area contributed by atoms with Crippen molar-refractivity contribution in [3.05, 3.63) is 229 Å². The fraction of sp³-hybridized carbons (Fsp3) is 0. The second-order valence-corrected chi connectivity index (χ2v) is 20.2. The van der Waals surface area contributed by atoms with E-state index in [-0.39, 0.29) is 81.7 Å². The third kappa shape index (κ3) is 14.3. The molecule has 70 heavy (non-hydrogen) atoms. The standard InChI is InChI=1S/2C26H20O6S2.2Na/c2*27-33(28,29)25-17-9-15-23(21-12-5-2-6-13-21)26(25)34(30,31)32-24-16-8-7-14-22(24)19-18-20-10-3-1-4-11-20;;/h2*1-19H,(H,27,28,29);;/q;;2*+1/p-2. The van der Waals surface area contributed by atoms with Gasteiger partial charge in [0.25, 0.3) is 0 Å². The smallest absolute Gasteiger partial charge is 0.744 e. The predicted molar refractivity (Wildman–Crippen MR) is 259 cm³/mol. The monoisotopic (exact) mass is 1030 g/mol. The first-order valence-electron chi connectivity index (χ1n) is 20.3. The van der Waals surface area contributed by atoms with Crippen molar-refractivity contribution < 1.29 is 110 Å².